The van der Waals surface area contributed by atoms with Gasteiger partial charge in [-0.05, 0) is 61.9 Å². The molecule has 0 aliphatic carbocycles. The molecule has 0 unspecified atom stereocenters. The molecule has 1 aromatic heterocycles. The van der Waals surface area contributed by atoms with Gasteiger partial charge in [0.05, 0.1) is 22.6 Å². The van der Waals surface area contributed by atoms with Crippen LogP contribution in [-0.4, -0.2) is 15.5 Å². The number of aromatic nitrogens is 2. The molecule has 4 aromatic rings. The third kappa shape index (κ3) is 4.75. The standard InChI is InChI=1S/C26H24FN3OS/c1-3-9-23-25(26(31)30(29-23)20-16-14-19(27)15-17-20)18(2)28-22-12-7-8-13-24(22)32-21-10-5-4-6-11-21/h4-8,10-17,29H,3,9H2,1-2H3. The van der Waals surface area contributed by atoms with E-state index in [9.17, 15) is 9.18 Å². The fourth-order valence-electron chi connectivity index (χ4n) is 3.55. The Morgan fingerprint density at radius 2 is 1.69 bits per heavy atom. The van der Waals surface area contributed by atoms with Gasteiger partial charge in [-0.15, -0.1) is 0 Å². The van der Waals surface area contributed by atoms with Crippen LogP contribution in [-0.2, 0) is 6.42 Å². The highest BCUT2D eigenvalue weighted by molar-refractivity contribution is 7.99. The van der Waals surface area contributed by atoms with E-state index in [-0.39, 0.29) is 11.4 Å². The van der Waals surface area contributed by atoms with E-state index in [1.54, 1.807) is 23.9 Å². The molecule has 0 aliphatic heterocycles. The van der Waals surface area contributed by atoms with Crippen molar-refractivity contribution in [3.63, 3.8) is 0 Å². The molecule has 3 aromatic carbocycles. The average molecular weight is 446 g/mol. The summed E-state index contributed by atoms with van der Waals surface area (Å²) in [6.45, 7) is 3.93. The number of benzene rings is 3. The van der Waals surface area contributed by atoms with Crippen molar-refractivity contribution in [3.05, 3.63) is 106 Å². The number of aromatic amines is 1. The lowest BCUT2D eigenvalue weighted by molar-refractivity contribution is 0.626. The smallest absolute Gasteiger partial charge is 0.280 e. The van der Waals surface area contributed by atoms with Gasteiger partial charge in [-0.2, -0.15) is 0 Å². The number of nitrogens with zero attached hydrogens (tertiary/aromatic N) is 2. The van der Waals surface area contributed by atoms with Gasteiger partial charge in [0.2, 0.25) is 0 Å². The second kappa shape index (κ2) is 9.83. The van der Waals surface area contributed by atoms with E-state index in [1.165, 1.54) is 16.8 Å². The van der Waals surface area contributed by atoms with Gasteiger partial charge in [-0.3, -0.25) is 14.9 Å². The zero-order valence-electron chi connectivity index (χ0n) is 18.0. The molecule has 6 heteroatoms. The van der Waals surface area contributed by atoms with Gasteiger partial charge in [-0.1, -0.05) is 55.4 Å². The number of hydrogen-bond acceptors (Lipinski definition) is 3. The first-order chi connectivity index (χ1) is 15.6. The third-order valence-corrected chi connectivity index (χ3v) is 6.11. The number of rotatable bonds is 7. The van der Waals surface area contributed by atoms with Crippen molar-refractivity contribution < 1.29 is 4.39 Å². The Kier molecular flexibility index (Phi) is 6.71. The van der Waals surface area contributed by atoms with Crippen LogP contribution in [0.15, 0.2) is 98.4 Å². The summed E-state index contributed by atoms with van der Waals surface area (Å²) in [6, 6.07) is 23.9. The van der Waals surface area contributed by atoms with Crippen molar-refractivity contribution in [1.82, 2.24) is 9.78 Å². The molecule has 1 N–H and O–H groups in total. The van der Waals surface area contributed by atoms with Crippen LogP contribution in [0.5, 0.6) is 0 Å². The molecule has 0 amide bonds. The van der Waals surface area contributed by atoms with Gasteiger partial charge in [-0.25, -0.2) is 9.07 Å². The van der Waals surface area contributed by atoms with E-state index in [0.717, 1.165) is 27.6 Å². The van der Waals surface area contributed by atoms with Crippen LogP contribution in [0.4, 0.5) is 10.1 Å². The minimum atomic E-state index is -0.340. The maximum Gasteiger partial charge on any atom is 0.280 e. The Bertz CT molecular complexity index is 1290. The van der Waals surface area contributed by atoms with E-state index in [4.69, 9.17) is 4.99 Å². The van der Waals surface area contributed by atoms with Gasteiger partial charge >= 0.3 is 0 Å². The number of aliphatic imine (C=N–C) groups is 1. The highest BCUT2D eigenvalue weighted by Gasteiger charge is 2.18. The van der Waals surface area contributed by atoms with Crippen molar-refractivity contribution in [1.29, 1.82) is 0 Å². The first kappa shape index (κ1) is 21.8. The molecule has 4 nitrogen and oxygen atoms in total. The van der Waals surface area contributed by atoms with Crippen molar-refractivity contribution in [2.75, 3.05) is 0 Å². The number of hydrogen-bond donors (Lipinski definition) is 1. The van der Waals surface area contributed by atoms with Crippen molar-refractivity contribution in [3.8, 4) is 5.69 Å². The predicted octanol–water partition coefficient (Wildman–Crippen LogP) is 6.55. The summed E-state index contributed by atoms with van der Waals surface area (Å²) in [5.74, 6) is -0.340. The van der Waals surface area contributed by atoms with Crippen molar-refractivity contribution in [2.24, 2.45) is 4.99 Å². The van der Waals surface area contributed by atoms with E-state index >= 15 is 0 Å². The van der Waals surface area contributed by atoms with Gasteiger partial charge in [0, 0.05) is 15.5 Å². The normalized spacial score (nSPS) is 11.7. The topological polar surface area (TPSA) is 50.1 Å². The zero-order valence-corrected chi connectivity index (χ0v) is 18.8. The molecule has 0 atom stereocenters. The van der Waals surface area contributed by atoms with Crippen LogP contribution in [0.1, 0.15) is 31.5 Å². The van der Waals surface area contributed by atoms with Gasteiger partial charge in [0.1, 0.15) is 5.82 Å². The lowest BCUT2D eigenvalue weighted by Crippen LogP contribution is -2.19. The van der Waals surface area contributed by atoms with E-state index < -0.39 is 0 Å². The summed E-state index contributed by atoms with van der Waals surface area (Å²) < 4.78 is 14.8. The molecule has 32 heavy (non-hydrogen) atoms. The number of aryl methyl sites for hydroxylation is 1. The van der Waals surface area contributed by atoms with E-state index in [2.05, 4.69) is 24.2 Å². The Hall–Kier alpha value is -3.38. The Balaban J connectivity index is 1.76. The van der Waals surface area contributed by atoms with E-state index in [0.29, 0.717) is 23.4 Å². The van der Waals surface area contributed by atoms with Crippen LogP contribution in [0.25, 0.3) is 5.69 Å². The molecule has 0 saturated heterocycles. The second-order valence-corrected chi connectivity index (χ2v) is 8.53. The number of H-pyrrole nitrogens is 1. The van der Waals surface area contributed by atoms with Gasteiger partial charge in [0.25, 0.3) is 5.56 Å². The fraction of sp³-hybridized carbons (Fsp3) is 0.154. The first-order valence-electron chi connectivity index (χ1n) is 10.5. The van der Waals surface area contributed by atoms with Crippen LogP contribution in [0, 0.1) is 5.82 Å². The van der Waals surface area contributed by atoms with Crippen LogP contribution in [0.2, 0.25) is 0 Å². The maximum atomic E-state index is 13.4. The third-order valence-electron chi connectivity index (χ3n) is 5.04. The molecular weight excluding hydrogens is 421 g/mol. The van der Waals surface area contributed by atoms with Gasteiger partial charge in [0.15, 0.2) is 0 Å². The lowest BCUT2D eigenvalue weighted by atomic mass is 10.1. The highest BCUT2D eigenvalue weighted by Crippen LogP contribution is 2.35. The predicted molar refractivity (Wildman–Crippen MR) is 129 cm³/mol. The van der Waals surface area contributed by atoms with Crippen LogP contribution >= 0.6 is 11.8 Å². The lowest BCUT2D eigenvalue weighted by Gasteiger charge is -2.07. The largest absolute Gasteiger partial charge is 0.294 e. The summed E-state index contributed by atoms with van der Waals surface area (Å²) >= 11 is 1.64. The molecule has 0 bridgehead atoms. The summed E-state index contributed by atoms with van der Waals surface area (Å²) in [5, 5.41) is 3.20. The maximum absolute atomic E-state index is 13.4. The second-order valence-electron chi connectivity index (χ2n) is 7.41. The summed E-state index contributed by atoms with van der Waals surface area (Å²) in [4.78, 5) is 20.3. The zero-order chi connectivity index (χ0) is 22.5. The average Bonchev–Trinajstić information content (AvgIpc) is 3.12. The van der Waals surface area contributed by atoms with Crippen LogP contribution < -0.4 is 5.56 Å². The van der Waals surface area contributed by atoms with Crippen molar-refractivity contribution >= 4 is 23.2 Å². The highest BCUT2D eigenvalue weighted by atomic mass is 32.2. The summed E-state index contributed by atoms with van der Waals surface area (Å²) in [5.41, 5.74) is 3.27. The van der Waals surface area contributed by atoms with Gasteiger partial charge < -0.3 is 0 Å². The Morgan fingerprint density at radius 3 is 2.41 bits per heavy atom. The van der Waals surface area contributed by atoms with E-state index in [1.807, 2.05) is 49.4 Å². The quantitative estimate of drug-likeness (QED) is 0.328. The fourth-order valence-corrected chi connectivity index (χ4v) is 4.46. The Morgan fingerprint density at radius 1 is 1.00 bits per heavy atom. The summed E-state index contributed by atoms with van der Waals surface area (Å²) in [6.07, 6.45) is 1.59. The molecule has 4 rings (SSSR count). The number of halogens is 1. The molecule has 0 aliphatic rings. The molecule has 0 spiro atoms. The SMILES string of the molecule is CCCc1[nH]n(-c2ccc(F)cc2)c(=O)c1C(C)=Nc1ccccc1Sc1ccccc1. The first-order valence-corrected chi connectivity index (χ1v) is 11.4. The monoisotopic (exact) mass is 445 g/mol. The number of para-hydroxylation sites is 1. The molecule has 1 heterocycles. The molecule has 162 valence electrons. The molecule has 0 radical (unpaired) electrons. The van der Waals surface area contributed by atoms with Crippen molar-refractivity contribution in [2.45, 2.75) is 36.5 Å². The molecular formula is C26H24FN3OS. The Labute approximate surface area is 190 Å². The number of nitrogens with one attached hydrogen (secondary N) is 1. The molecule has 0 fully saturated rings. The van der Waals surface area contributed by atoms with Crippen LogP contribution in [0.3, 0.4) is 0 Å². The minimum Gasteiger partial charge on any atom is -0.294 e. The minimum absolute atomic E-state index is 0.186. The molecule has 0 saturated carbocycles. The summed E-state index contributed by atoms with van der Waals surface area (Å²) in [7, 11) is 0.